The van der Waals surface area contributed by atoms with Gasteiger partial charge >= 0.3 is 0 Å². The zero-order valence-corrected chi connectivity index (χ0v) is 21.8. The second kappa shape index (κ2) is 8.10. The fourth-order valence-corrected chi connectivity index (χ4v) is 5.74. The van der Waals surface area contributed by atoms with Crippen molar-refractivity contribution in [1.29, 1.82) is 0 Å². The minimum atomic E-state index is -0.00153. The van der Waals surface area contributed by atoms with Gasteiger partial charge in [-0.15, -0.1) is 0 Å². The predicted octanol–water partition coefficient (Wildman–Crippen LogP) is 9.85. The molecule has 0 fully saturated rings. The van der Waals surface area contributed by atoms with Crippen LogP contribution in [0.25, 0.3) is 33.0 Å². The van der Waals surface area contributed by atoms with E-state index in [-0.39, 0.29) is 10.8 Å². The highest BCUT2D eigenvalue weighted by Gasteiger charge is 2.35. The van der Waals surface area contributed by atoms with Crippen LogP contribution in [-0.4, -0.2) is 0 Å². The number of fused-ring (bicyclic) bond motifs is 4. The molecule has 0 unspecified atom stereocenters. The Balaban J connectivity index is 1.41. The van der Waals surface area contributed by atoms with E-state index in [1.165, 1.54) is 49.7 Å². The Morgan fingerprint density at radius 3 is 1.97 bits per heavy atom. The fraction of sp³-hybridized carbons (Fsp3) is 0.200. The molecule has 1 nitrogen and oxygen atoms in total. The molecule has 6 rings (SSSR count). The van der Waals surface area contributed by atoms with Crippen molar-refractivity contribution in [3.63, 3.8) is 0 Å². The van der Waals surface area contributed by atoms with Crippen molar-refractivity contribution in [2.24, 2.45) is 0 Å². The summed E-state index contributed by atoms with van der Waals surface area (Å²) in [4.78, 5) is 0. The number of hydrogen-bond donors (Lipinski definition) is 1. The highest BCUT2D eigenvalue weighted by molar-refractivity contribution is 6.04. The summed E-state index contributed by atoms with van der Waals surface area (Å²) in [6.45, 7) is 11.4. The van der Waals surface area contributed by atoms with E-state index in [9.17, 15) is 0 Å². The third-order valence-electron chi connectivity index (χ3n) is 7.85. The van der Waals surface area contributed by atoms with Crippen LogP contribution in [0.2, 0.25) is 0 Å². The third-order valence-corrected chi connectivity index (χ3v) is 7.85. The van der Waals surface area contributed by atoms with Gasteiger partial charge in [0.05, 0.1) is 0 Å². The Bertz CT molecular complexity index is 1600. The van der Waals surface area contributed by atoms with Gasteiger partial charge in [-0.3, -0.25) is 0 Å². The molecule has 0 radical (unpaired) electrons. The Hall–Kier alpha value is -3.84. The molecule has 1 aliphatic carbocycles. The maximum atomic E-state index is 3.67. The number of nitrogens with one attached hydrogen (secondary N) is 1. The summed E-state index contributed by atoms with van der Waals surface area (Å²) in [6, 6.07) is 37.9. The van der Waals surface area contributed by atoms with Crippen LogP contribution in [0.15, 0.2) is 103 Å². The zero-order chi connectivity index (χ0) is 25.1. The van der Waals surface area contributed by atoms with Crippen molar-refractivity contribution in [3.8, 4) is 22.3 Å². The molecular formula is C35H33N. The molecule has 0 spiro atoms. The Morgan fingerprint density at radius 1 is 0.583 bits per heavy atom. The highest BCUT2D eigenvalue weighted by Crippen LogP contribution is 2.50. The molecule has 0 saturated carbocycles. The van der Waals surface area contributed by atoms with Crippen LogP contribution in [-0.2, 0) is 10.8 Å². The normalized spacial score (nSPS) is 13.9. The van der Waals surface area contributed by atoms with Crippen molar-refractivity contribution in [2.45, 2.75) is 45.4 Å². The van der Waals surface area contributed by atoms with Crippen molar-refractivity contribution >= 4 is 22.1 Å². The van der Waals surface area contributed by atoms with E-state index >= 15 is 0 Å². The maximum Gasteiger partial charge on any atom is 0.0464 e. The molecule has 0 amide bonds. The van der Waals surface area contributed by atoms with Gasteiger partial charge in [-0.05, 0) is 74.0 Å². The first kappa shape index (κ1) is 22.6. The molecular weight excluding hydrogens is 434 g/mol. The molecule has 1 N–H and O–H groups in total. The van der Waals surface area contributed by atoms with Gasteiger partial charge < -0.3 is 5.32 Å². The smallest absolute Gasteiger partial charge is 0.0464 e. The van der Waals surface area contributed by atoms with Gasteiger partial charge in [-0.25, -0.2) is 0 Å². The Morgan fingerprint density at radius 2 is 1.22 bits per heavy atom. The molecule has 1 aliphatic rings. The largest absolute Gasteiger partial charge is 0.355 e. The van der Waals surface area contributed by atoms with E-state index in [0.717, 1.165) is 11.4 Å². The summed E-state index contributed by atoms with van der Waals surface area (Å²) in [5.74, 6) is 0. The van der Waals surface area contributed by atoms with Crippen LogP contribution in [0.5, 0.6) is 0 Å². The number of rotatable bonds is 3. The topological polar surface area (TPSA) is 12.0 Å². The van der Waals surface area contributed by atoms with Gasteiger partial charge in [0.15, 0.2) is 0 Å². The first-order chi connectivity index (χ1) is 17.2. The van der Waals surface area contributed by atoms with Crippen molar-refractivity contribution in [3.05, 3.63) is 120 Å². The minimum absolute atomic E-state index is 0.00153. The molecule has 0 saturated heterocycles. The van der Waals surface area contributed by atoms with Crippen molar-refractivity contribution < 1.29 is 0 Å². The van der Waals surface area contributed by atoms with Gasteiger partial charge in [0.25, 0.3) is 0 Å². The van der Waals surface area contributed by atoms with E-state index in [2.05, 4.69) is 143 Å². The lowest BCUT2D eigenvalue weighted by Crippen LogP contribution is -2.14. The van der Waals surface area contributed by atoms with Gasteiger partial charge in [0, 0.05) is 22.2 Å². The van der Waals surface area contributed by atoms with Crippen LogP contribution in [0.4, 0.5) is 11.4 Å². The van der Waals surface area contributed by atoms with E-state index in [1.807, 2.05) is 0 Å². The molecule has 5 aromatic carbocycles. The van der Waals surface area contributed by atoms with E-state index in [4.69, 9.17) is 0 Å². The van der Waals surface area contributed by atoms with Crippen LogP contribution in [0.3, 0.4) is 0 Å². The zero-order valence-electron chi connectivity index (χ0n) is 21.8. The monoisotopic (exact) mass is 467 g/mol. The summed E-state index contributed by atoms with van der Waals surface area (Å²) in [5, 5.41) is 6.17. The number of anilines is 2. The summed E-state index contributed by atoms with van der Waals surface area (Å²) >= 11 is 0. The van der Waals surface area contributed by atoms with Gasteiger partial charge in [-0.1, -0.05) is 113 Å². The summed E-state index contributed by atoms with van der Waals surface area (Å²) < 4.78 is 0. The van der Waals surface area contributed by atoms with Crippen molar-refractivity contribution in [1.82, 2.24) is 0 Å². The quantitative estimate of drug-likeness (QED) is 0.278. The molecule has 0 aliphatic heterocycles. The van der Waals surface area contributed by atoms with Gasteiger partial charge in [0.1, 0.15) is 0 Å². The Kier molecular flexibility index (Phi) is 5.09. The SMILES string of the molecule is CC(C)(C)c1ccc(Nc2ccc(-c3ccc4c(c3)C(C)(C)c3ccccc3-4)c3ccccc23)cc1. The standard InChI is InChI=1S/C35H33N/c1-34(2,3)24-15-17-25(18-16-24)36-33-21-20-26(27-10-6-7-12-30(27)33)23-14-19-29-28-11-8-9-13-31(28)35(4,5)32(29)22-23/h6-22,36H,1-5H3. The van der Waals surface area contributed by atoms with E-state index in [1.54, 1.807) is 0 Å². The molecule has 0 bridgehead atoms. The summed E-state index contributed by atoms with van der Waals surface area (Å²) in [6.07, 6.45) is 0. The molecule has 5 aromatic rings. The molecule has 0 aromatic heterocycles. The third kappa shape index (κ3) is 3.62. The van der Waals surface area contributed by atoms with Crippen LogP contribution in [0, 0.1) is 0 Å². The van der Waals surface area contributed by atoms with Crippen LogP contribution in [0.1, 0.15) is 51.3 Å². The highest BCUT2D eigenvalue weighted by atomic mass is 14.9. The lowest BCUT2D eigenvalue weighted by Gasteiger charge is -2.22. The lowest BCUT2D eigenvalue weighted by molar-refractivity contribution is 0.590. The Labute approximate surface area is 214 Å². The molecule has 36 heavy (non-hydrogen) atoms. The summed E-state index contributed by atoms with van der Waals surface area (Å²) in [5.41, 5.74) is 11.8. The predicted molar refractivity (Wildman–Crippen MR) is 155 cm³/mol. The molecule has 0 atom stereocenters. The second-order valence-electron chi connectivity index (χ2n) is 11.6. The molecule has 178 valence electrons. The van der Waals surface area contributed by atoms with Crippen LogP contribution < -0.4 is 5.32 Å². The first-order valence-corrected chi connectivity index (χ1v) is 12.9. The summed E-state index contributed by atoms with van der Waals surface area (Å²) in [7, 11) is 0. The van der Waals surface area contributed by atoms with Gasteiger partial charge in [0.2, 0.25) is 0 Å². The average Bonchev–Trinajstić information content (AvgIpc) is 3.10. The maximum absolute atomic E-state index is 3.67. The lowest BCUT2D eigenvalue weighted by atomic mass is 9.81. The van der Waals surface area contributed by atoms with E-state index in [0.29, 0.717) is 0 Å². The minimum Gasteiger partial charge on any atom is -0.355 e. The number of benzene rings is 5. The van der Waals surface area contributed by atoms with E-state index < -0.39 is 0 Å². The van der Waals surface area contributed by atoms with Gasteiger partial charge in [-0.2, -0.15) is 0 Å². The molecule has 1 heteroatoms. The number of hydrogen-bond acceptors (Lipinski definition) is 1. The molecule has 0 heterocycles. The first-order valence-electron chi connectivity index (χ1n) is 12.9. The average molecular weight is 468 g/mol. The second-order valence-corrected chi connectivity index (χ2v) is 11.6. The fourth-order valence-electron chi connectivity index (χ4n) is 5.74. The van der Waals surface area contributed by atoms with Crippen LogP contribution >= 0.6 is 0 Å². The van der Waals surface area contributed by atoms with Crippen molar-refractivity contribution in [2.75, 3.05) is 5.32 Å².